The number of esters is 1. The monoisotopic (exact) mass is 332 g/mol. The van der Waals surface area contributed by atoms with Gasteiger partial charge in [0.25, 0.3) is 5.91 Å². The van der Waals surface area contributed by atoms with Crippen LogP contribution in [0.1, 0.15) is 43.5 Å². The van der Waals surface area contributed by atoms with Crippen molar-refractivity contribution < 1.29 is 14.3 Å². The highest BCUT2D eigenvalue weighted by atomic mass is 32.1. The number of carbonyl (C=O) groups is 2. The fourth-order valence-corrected chi connectivity index (χ4v) is 3.90. The Morgan fingerprint density at radius 1 is 1.30 bits per heavy atom. The summed E-state index contributed by atoms with van der Waals surface area (Å²) in [5.74, 6) is -0.581. The first-order chi connectivity index (χ1) is 11.1. The first-order valence-corrected chi connectivity index (χ1v) is 8.76. The van der Waals surface area contributed by atoms with E-state index in [1.54, 1.807) is 23.7 Å². The van der Waals surface area contributed by atoms with Crippen molar-refractivity contribution in [2.45, 2.75) is 45.2 Å². The topological polar surface area (TPSA) is 59.5 Å². The summed E-state index contributed by atoms with van der Waals surface area (Å²) >= 11 is 1.47. The van der Waals surface area contributed by atoms with E-state index in [0.717, 1.165) is 29.5 Å². The summed E-state index contributed by atoms with van der Waals surface area (Å²) in [6.07, 6.45) is 3.15. The van der Waals surface area contributed by atoms with Gasteiger partial charge in [0, 0.05) is 12.1 Å². The number of aromatic nitrogens is 1. The van der Waals surface area contributed by atoms with Crippen LogP contribution >= 0.6 is 11.3 Å². The first-order valence-electron chi connectivity index (χ1n) is 7.88. The van der Waals surface area contributed by atoms with Gasteiger partial charge in [-0.1, -0.05) is 0 Å². The van der Waals surface area contributed by atoms with E-state index in [1.807, 2.05) is 18.7 Å². The Morgan fingerprint density at radius 3 is 2.78 bits per heavy atom. The van der Waals surface area contributed by atoms with Crippen molar-refractivity contribution in [1.82, 2.24) is 9.88 Å². The Balaban J connectivity index is 1.62. The first kappa shape index (κ1) is 15.9. The summed E-state index contributed by atoms with van der Waals surface area (Å²) in [4.78, 5) is 30.5. The molecule has 0 spiro atoms. The summed E-state index contributed by atoms with van der Waals surface area (Å²) in [5, 5.41) is 0. The Kier molecular flexibility index (Phi) is 4.61. The Morgan fingerprint density at radius 2 is 2.04 bits per heavy atom. The lowest BCUT2D eigenvalue weighted by molar-refractivity contribution is -0.140. The number of benzene rings is 1. The van der Waals surface area contributed by atoms with Crippen LogP contribution in [0.3, 0.4) is 0 Å². The Bertz CT molecular complexity index is 717. The average Bonchev–Trinajstić information content (AvgIpc) is 3.00. The van der Waals surface area contributed by atoms with Crippen LogP contribution in [0, 0.1) is 0 Å². The molecule has 6 heteroatoms. The van der Waals surface area contributed by atoms with Crippen LogP contribution in [0.4, 0.5) is 0 Å². The molecule has 23 heavy (non-hydrogen) atoms. The van der Waals surface area contributed by atoms with Crippen molar-refractivity contribution in [2.24, 2.45) is 0 Å². The van der Waals surface area contributed by atoms with E-state index in [1.165, 1.54) is 11.3 Å². The number of carbonyl (C=O) groups excluding carboxylic acids is 2. The van der Waals surface area contributed by atoms with Gasteiger partial charge in [0.2, 0.25) is 0 Å². The van der Waals surface area contributed by atoms with Crippen LogP contribution in [0.5, 0.6) is 0 Å². The number of fused-ring (bicyclic) bond motifs is 1. The lowest BCUT2D eigenvalue weighted by atomic mass is 9.97. The van der Waals surface area contributed by atoms with Crippen LogP contribution in [-0.4, -0.2) is 40.5 Å². The highest BCUT2D eigenvalue weighted by Crippen LogP contribution is 2.23. The van der Waals surface area contributed by atoms with Crippen molar-refractivity contribution in [3.8, 4) is 0 Å². The lowest BCUT2D eigenvalue weighted by Gasteiger charge is -2.38. The number of ether oxygens (including phenoxy) is 1. The quantitative estimate of drug-likeness (QED) is 0.810. The predicted octanol–water partition coefficient (Wildman–Crippen LogP) is 3.24. The zero-order valence-corrected chi connectivity index (χ0v) is 14.1. The molecule has 0 bridgehead atoms. The Labute approximate surface area is 139 Å². The van der Waals surface area contributed by atoms with E-state index in [4.69, 9.17) is 4.74 Å². The van der Waals surface area contributed by atoms with Gasteiger partial charge in [-0.2, -0.15) is 0 Å². The molecule has 2 heterocycles. The third-order valence-corrected chi connectivity index (χ3v) is 5.17. The van der Waals surface area contributed by atoms with Gasteiger partial charge in [0.15, 0.2) is 6.61 Å². The highest BCUT2D eigenvalue weighted by Gasteiger charge is 2.29. The average molecular weight is 332 g/mol. The second-order valence-electron chi connectivity index (χ2n) is 6.04. The van der Waals surface area contributed by atoms with Crippen molar-refractivity contribution >= 4 is 33.4 Å². The smallest absolute Gasteiger partial charge is 0.338 e. The molecular weight excluding hydrogens is 312 g/mol. The van der Waals surface area contributed by atoms with Crippen molar-refractivity contribution in [2.75, 3.05) is 6.61 Å². The van der Waals surface area contributed by atoms with Crippen molar-refractivity contribution in [3.63, 3.8) is 0 Å². The summed E-state index contributed by atoms with van der Waals surface area (Å²) in [6, 6.07) is 5.64. The van der Waals surface area contributed by atoms with E-state index in [-0.39, 0.29) is 24.6 Å². The van der Waals surface area contributed by atoms with Gasteiger partial charge in [-0.15, -0.1) is 11.3 Å². The molecule has 5 nitrogen and oxygen atoms in total. The molecule has 122 valence electrons. The number of rotatable bonds is 3. The second kappa shape index (κ2) is 6.66. The molecule has 2 atom stereocenters. The summed E-state index contributed by atoms with van der Waals surface area (Å²) in [6.45, 7) is 3.90. The molecule has 0 radical (unpaired) electrons. The van der Waals surface area contributed by atoms with E-state index in [9.17, 15) is 9.59 Å². The molecule has 2 aromatic rings. The van der Waals surface area contributed by atoms with Crippen molar-refractivity contribution in [3.05, 3.63) is 29.3 Å². The maximum atomic E-state index is 12.4. The summed E-state index contributed by atoms with van der Waals surface area (Å²) < 4.78 is 6.15. The highest BCUT2D eigenvalue weighted by molar-refractivity contribution is 7.16. The van der Waals surface area contributed by atoms with Gasteiger partial charge in [-0.3, -0.25) is 4.79 Å². The van der Waals surface area contributed by atoms with Gasteiger partial charge in [-0.05, 0) is 51.3 Å². The van der Waals surface area contributed by atoms with E-state index < -0.39 is 5.97 Å². The molecule has 3 rings (SSSR count). The van der Waals surface area contributed by atoms with Gasteiger partial charge < -0.3 is 9.64 Å². The van der Waals surface area contributed by atoms with Crippen LogP contribution in [-0.2, 0) is 9.53 Å². The van der Waals surface area contributed by atoms with Gasteiger partial charge in [-0.25, -0.2) is 9.78 Å². The van der Waals surface area contributed by atoms with Crippen LogP contribution in [0.2, 0.25) is 0 Å². The zero-order valence-electron chi connectivity index (χ0n) is 13.3. The third-order valence-electron chi connectivity index (χ3n) is 4.38. The number of likely N-dealkylation sites (tertiary alicyclic amines) is 1. The number of hydrogen-bond acceptors (Lipinski definition) is 5. The SMILES string of the molecule is C[C@@H]1CCC[C@@H](C)N1C(=O)COC(=O)c1ccc2ncsc2c1. The molecule has 1 aliphatic rings. The number of piperidine rings is 1. The molecule has 1 amide bonds. The third kappa shape index (κ3) is 3.37. The standard InChI is InChI=1S/C17H20N2O3S/c1-11-4-3-5-12(2)19(11)16(20)9-22-17(21)13-6-7-14-15(8-13)23-10-18-14/h6-8,10-12H,3-5,9H2,1-2H3/t11-,12-/m1/s1. The van der Waals surface area contributed by atoms with E-state index >= 15 is 0 Å². The molecule has 1 aliphatic heterocycles. The van der Waals surface area contributed by atoms with Gasteiger partial charge in [0.1, 0.15) is 0 Å². The summed E-state index contributed by atoms with van der Waals surface area (Å²) in [7, 11) is 0. The van der Waals surface area contributed by atoms with Crippen LogP contribution < -0.4 is 0 Å². The number of nitrogens with zero attached hydrogens (tertiary/aromatic N) is 2. The minimum Gasteiger partial charge on any atom is -0.452 e. The molecule has 0 N–H and O–H groups in total. The Hall–Kier alpha value is -1.95. The molecule has 0 saturated carbocycles. The minimum atomic E-state index is -0.467. The molecule has 0 unspecified atom stereocenters. The number of thiazole rings is 1. The molecule has 1 saturated heterocycles. The molecule has 0 aliphatic carbocycles. The van der Waals surface area contributed by atoms with Crippen LogP contribution in [0.15, 0.2) is 23.7 Å². The maximum absolute atomic E-state index is 12.4. The van der Waals surface area contributed by atoms with Gasteiger partial charge in [0.05, 0.1) is 21.3 Å². The molecular formula is C17H20N2O3S. The fourth-order valence-electron chi connectivity index (χ4n) is 3.18. The minimum absolute atomic E-state index is 0.114. The lowest BCUT2D eigenvalue weighted by Crippen LogP contribution is -2.49. The zero-order chi connectivity index (χ0) is 16.4. The maximum Gasteiger partial charge on any atom is 0.338 e. The second-order valence-corrected chi connectivity index (χ2v) is 6.93. The van der Waals surface area contributed by atoms with E-state index in [0.29, 0.717) is 5.56 Å². The molecule has 1 aromatic heterocycles. The van der Waals surface area contributed by atoms with Gasteiger partial charge >= 0.3 is 5.97 Å². The molecule has 1 aromatic carbocycles. The number of hydrogen-bond donors (Lipinski definition) is 0. The fraction of sp³-hybridized carbons (Fsp3) is 0.471. The van der Waals surface area contributed by atoms with Crippen molar-refractivity contribution in [1.29, 1.82) is 0 Å². The normalized spacial score (nSPS) is 21.4. The molecule has 1 fully saturated rings. The summed E-state index contributed by atoms with van der Waals surface area (Å²) in [5.41, 5.74) is 3.05. The van der Waals surface area contributed by atoms with Crippen LogP contribution in [0.25, 0.3) is 10.2 Å². The van der Waals surface area contributed by atoms with E-state index in [2.05, 4.69) is 4.98 Å². The predicted molar refractivity (Wildman–Crippen MR) is 89.5 cm³/mol. The number of amides is 1. The largest absolute Gasteiger partial charge is 0.452 e.